The molecule has 1 heterocycles. The summed E-state index contributed by atoms with van der Waals surface area (Å²) in [5, 5.41) is 11.1. The van der Waals surface area contributed by atoms with Crippen molar-refractivity contribution in [3.8, 4) is 5.75 Å². The first-order valence-electron chi connectivity index (χ1n) is 7.02. The van der Waals surface area contributed by atoms with Crippen LogP contribution in [-0.4, -0.2) is 22.7 Å². The molecule has 112 valence electrons. The Labute approximate surface area is 157 Å². The van der Waals surface area contributed by atoms with Gasteiger partial charge in [-0.1, -0.05) is 36.4 Å². The van der Waals surface area contributed by atoms with Crippen molar-refractivity contribution in [2.24, 2.45) is 0 Å². The Morgan fingerprint density at radius 1 is 1.09 bits per heavy atom. The van der Waals surface area contributed by atoms with Crippen molar-refractivity contribution in [3.63, 3.8) is 0 Å². The summed E-state index contributed by atoms with van der Waals surface area (Å²) in [7, 11) is 0. The Kier molecular flexibility index (Phi) is 6.16. The summed E-state index contributed by atoms with van der Waals surface area (Å²) in [6, 6.07) is 17.4. The number of carboxylic acids is 1. The number of carboxylic acid groups (broad SMARTS) is 1. The molecule has 0 saturated heterocycles. The summed E-state index contributed by atoms with van der Waals surface area (Å²) in [6.07, 6.45) is 2.26. The normalized spacial score (nSPS) is 10.1. The average Bonchev–Trinajstić information content (AvgIpc) is 2.55. The van der Waals surface area contributed by atoms with Gasteiger partial charge in [0.1, 0.15) is 11.4 Å². The van der Waals surface area contributed by atoms with Crippen LogP contribution in [0.15, 0.2) is 60.8 Å². The molecule has 0 radical (unpaired) electrons. The van der Waals surface area contributed by atoms with Crippen molar-refractivity contribution in [1.82, 2.24) is 4.98 Å². The van der Waals surface area contributed by atoms with Crippen LogP contribution in [0, 0.1) is 0 Å². The number of carbonyl (C=O) groups is 1. The molecule has 0 aliphatic rings. The van der Waals surface area contributed by atoms with Crippen LogP contribution in [0.4, 0.5) is 0 Å². The Bertz CT molecular complexity index is 809. The van der Waals surface area contributed by atoms with Gasteiger partial charge in [-0.2, -0.15) is 0 Å². The van der Waals surface area contributed by atoms with Gasteiger partial charge in [0.15, 0.2) is 0 Å². The molecule has 1 aromatic heterocycles. The monoisotopic (exact) mass is 317 g/mol. The van der Waals surface area contributed by atoms with Crippen molar-refractivity contribution >= 4 is 16.7 Å². The number of hydrogen-bond acceptors (Lipinski definition) is 3. The molecule has 23 heavy (non-hydrogen) atoms. The first kappa shape index (κ1) is 17.5. The third-order valence-corrected chi connectivity index (χ3v) is 3.42. The second kappa shape index (κ2) is 8.11. The van der Waals surface area contributed by atoms with Gasteiger partial charge < -0.3 is 11.3 Å². The van der Waals surface area contributed by atoms with E-state index in [2.05, 4.69) is 17.1 Å². The minimum Gasteiger partial charge on any atom is -1.00 e. The van der Waals surface area contributed by atoms with Crippen molar-refractivity contribution < 1.29 is 45.6 Å². The second-order valence-electron chi connectivity index (χ2n) is 4.96. The molecule has 4 nitrogen and oxygen atoms in total. The summed E-state index contributed by atoms with van der Waals surface area (Å²) < 4.78 is 5.75. The molecule has 0 aliphatic heterocycles. The fourth-order valence-electron chi connectivity index (χ4n) is 2.24. The molecule has 0 fully saturated rings. The van der Waals surface area contributed by atoms with Crippen molar-refractivity contribution in [2.45, 2.75) is 6.42 Å². The number of pyridine rings is 1. The van der Waals surface area contributed by atoms with E-state index < -0.39 is 5.97 Å². The van der Waals surface area contributed by atoms with Crippen molar-refractivity contribution in [3.05, 3.63) is 72.1 Å². The van der Waals surface area contributed by atoms with Crippen LogP contribution < -0.4 is 34.3 Å². The molecule has 0 saturated carbocycles. The maximum Gasteiger partial charge on any atom is 1.00 e. The molecule has 2 aromatic carbocycles. The van der Waals surface area contributed by atoms with Crippen molar-refractivity contribution in [1.29, 1.82) is 0 Å². The minimum atomic E-state index is -1.01. The van der Waals surface area contributed by atoms with Crippen LogP contribution in [0.1, 0.15) is 17.5 Å². The molecule has 5 heteroatoms. The number of rotatable bonds is 5. The molecule has 0 spiro atoms. The van der Waals surface area contributed by atoms with E-state index in [1.54, 1.807) is 12.3 Å². The Hall–Kier alpha value is -1.88. The van der Waals surface area contributed by atoms with Crippen LogP contribution in [0.3, 0.4) is 0 Å². The van der Waals surface area contributed by atoms with Gasteiger partial charge in [0.25, 0.3) is 0 Å². The fourth-order valence-corrected chi connectivity index (χ4v) is 2.24. The van der Waals surface area contributed by atoms with E-state index in [0.717, 1.165) is 16.7 Å². The zero-order chi connectivity index (χ0) is 15.4. The Morgan fingerprint density at radius 2 is 1.87 bits per heavy atom. The zero-order valence-electron chi connectivity index (χ0n) is 13.9. The van der Waals surface area contributed by atoms with Gasteiger partial charge in [0.05, 0.1) is 6.61 Å². The van der Waals surface area contributed by atoms with E-state index in [4.69, 9.17) is 9.84 Å². The molecule has 0 aliphatic carbocycles. The molecular weight excluding hydrogens is 301 g/mol. The van der Waals surface area contributed by atoms with Gasteiger partial charge in [0.2, 0.25) is 0 Å². The fraction of sp³-hybridized carbons (Fsp3) is 0.111. The van der Waals surface area contributed by atoms with Crippen LogP contribution in [-0.2, 0) is 6.42 Å². The molecule has 1 N–H and O–H groups in total. The number of benzene rings is 2. The van der Waals surface area contributed by atoms with Crippen LogP contribution >= 0.6 is 0 Å². The number of hydrogen-bond donors (Lipinski definition) is 1. The maximum atomic E-state index is 10.7. The molecule has 0 bridgehead atoms. The first-order chi connectivity index (χ1) is 10.7. The summed E-state index contributed by atoms with van der Waals surface area (Å²) in [6.45, 7) is 0.520. The topological polar surface area (TPSA) is 59.4 Å². The standard InChI is InChI=1S/C18H15NO3.Na.H/c20-18(21)17-8-5-13(12-19-17)9-10-22-16-7-6-14-3-1-2-4-15(14)11-16;;/h1-8,11-12H,9-10H2,(H,20,21);;/q;+1;-1. The predicted molar refractivity (Wildman–Crippen MR) is 85.5 cm³/mol. The van der Waals surface area contributed by atoms with Crippen LogP contribution in [0.5, 0.6) is 5.75 Å². The van der Waals surface area contributed by atoms with Gasteiger partial charge in [-0.05, 0) is 34.5 Å². The summed E-state index contributed by atoms with van der Waals surface area (Å²) in [5.74, 6) is -0.187. The molecule has 0 amide bonds. The number of aromatic nitrogens is 1. The average molecular weight is 317 g/mol. The molecule has 3 aromatic rings. The SMILES string of the molecule is O=C(O)c1ccc(CCOc2ccc3ccccc3c2)cn1.[H-].[Na+]. The summed E-state index contributed by atoms with van der Waals surface area (Å²) in [4.78, 5) is 14.6. The number of fused-ring (bicyclic) bond motifs is 1. The van der Waals surface area contributed by atoms with Gasteiger partial charge in [-0.15, -0.1) is 0 Å². The Balaban J connectivity index is 0.00000144. The van der Waals surface area contributed by atoms with Crippen molar-refractivity contribution in [2.75, 3.05) is 6.61 Å². The van der Waals surface area contributed by atoms with Crippen LogP contribution in [0.25, 0.3) is 10.8 Å². The summed E-state index contributed by atoms with van der Waals surface area (Å²) >= 11 is 0. The van der Waals surface area contributed by atoms with Gasteiger partial charge >= 0.3 is 35.5 Å². The largest absolute Gasteiger partial charge is 1.00 e. The van der Waals surface area contributed by atoms with E-state index in [1.165, 1.54) is 11.5 Å². The first-order valence-corrected chi connectivity index (χ1v) is 7.02. The van der Waals surface area contributed by atoms with Gasteiger partial charge in [-0.25, -0.2) is 9.78 Å². The van der Waals surface area contributed by atoms with E-state index in [-0.39, 0.29) is 36.7 Å². The van der Waals surface area contributed by atoms with E-state index in [1.807, 2.05) is 30.3 Å². The smallest absolute Gasteiger partial charge is 1.00 e. The van der Waals surface area contributed by atoms with Crippen LogP contribution in [0.2, 0.25) is 0 Å². The van der Waals surface area contributed by atoms with Gasteiger partial charge in [0, 0.05) is 12.6 Å². The van der Waals surface area contributed by atoms with E-state index in [0.29, 0.717) is 13.0 Å². The number of ether oxygens (including phenoxy) is 1. The minimum absolute atomic E-state index is 0. The van der Waals surface area contributed by atoms with Gasteiger partial charge in [-0.3, -0.25) is 0 Å². The number of aromatic carboxylic acids is 1. The Morgan fingerprint density at radius 3 is 2.57 bits per heavy atom. The number of nitrogens with zero attached hydrogens (tertiary/aromatic N) is 1. The second-order valence-corrected chi connectivity index (χ2v) is 4.96. The predicted octanol–water partition coefficient (Wildman–Crippen LogP) is 0.671. The molecule has 0 atom stereocenters. The molecule has 3 rings (SSSR count). The van der Waals surface area contributed by atoms with E-state index >= 15 is 0 Å². The van der Waals surface area contributed by atoms with E-state index in [9.17, 15) is 4.79 Å². The molecular formula is C18H16NNaO3. The summed E-state index contributed by atoms with van der Waals surface area (Å²) in [5.41, 5.74) is 1.00. The maximum absolute atomic E-state index is 10.7. The third-order valence-electron chi connectivity index (χ3n) is 3.42. The molecule has 0 unspecified atom stereocenters. The third kappa shape index (κ3) is 4.55. The zero-order valence-corrected chi connectivity index (χ0v) is 14.9. The quantitative estimate of drug-likeness (QED) is 0.703.